The number of nitrogens with two attached hydrogens (primary N) is 1. The molecule has 9 nitrogen and oxygen atoms in total. The number of para-hydroxylation sites is 2. The molecule has 0 radical (unpaired) electrons. The lowest BCUT2D eigenvalue weighted by Crippen LogP contribution is -2.44. The molecule has 10 heteroatoms. The summed E-state index contributed by atoms with van der Waals surface area (Å²) in [5.41, 5.74) is 13.6. The van der Waals surface area contributed by atoms with Crippen LogP contribution in [0, 0.1) is 13.8 Å². The Labute approximate surface area is 174 Å². The lowest BCUT2D eigenvalue weighted by Gasteiger charge is -2.10. The molecular formula is C20H18N6O3S. The molecule has 30 heavy (non-hydrogen) atoms. The molecule has 0 bridgehead atoms. The second-order valence-corrected chi connectivity index (χ2v) is 7.78. The van der Waals surface area contributed by atoms with Crippen molar-refractivity contribution in [2.24, 2.45) is 0 Å². The predicted octanol–water partition coefficient (Wildman–Crippen LogP) is 1.67. The number of hydrogen-bond acceptors (Lipinski definition) is 7. The minimum absolute atomic E-state index is 0.262. The third kappa shape index (κ3) is 3.48. The molecule has 0 fully saturated rings. The monoisotopic (exact) mass is 422 g/mol. The van der Waals surface area contributed by atoms with Crippen molar-refractivity contribution in [1.29, 1.82) is 0 Å². The summed E-state index contributed by atoms with van der Waals surface area (Å²) >= 11 is 1.16. The van der Waals surface area contributed by atoms with Crippen molar-refractivity contribution in [3.63, 3.8) is 0 Å². The van der Waals surface area contributed by atoms with Gasteiger partial charge in [0.25, 0.3) is 17.4 Å². The fourth-order valence-electron chi connectivity index (χ4n) is 3.28. The Morgan fingerprint density at radius 3 is 2.77 bits per heavy atom. The maximum Gasteiger partial charge on any atom is 0.281 e. The highest BCUT2D eigenvalue weighted by atomic mass is 32.1. The third-order valence-electron chi connectivity index (χ3n) is 4.60. The van der Waals surface area contributed by atoms with Crippen molar-refractivity contribution in [3.05, 3.63) is 63.0 Å². The number of carbonyl (C=O) groups excluding carboxylic acids is 2. The highest BCUT2D eigenvalue weighted by Gasteiger charge is 2.19. The largest absolute Gasteiger partial charge is 0.397 e. The van der Waals surface area contributed by atoms with Crippen LogP contribution in [0.25, 0.3) is 21.3 Å². The number of anilines is 1. The number of nitrogens with one attached hydrogen (secondary N) is 2. The van der Waals surface area contributed by atoms with Crippen LogP contribution in [0.1, 0.15) is 20.9 Å². The van der Waals surface area contributed by atoms with Crippen molar-refractivity contribution < 1.29 is 9.59 Å². The summed E-state index contributed by atoms with van der Waals surface area (Å²) in [5, 5.41) is 0.733. The number of nitrogens with zero attached hydrogens (tertiary/aromatic N) is 3. The van der Waals surface area contributed by atoms with Gasteiger partial charge in [0, 0.05) is 11.1 Å². The number of aryl methyl sites for hydroxylation is 2. The van der Waals surface area contributed by atoms with Gasteiger partial charge in [-0.05, 0) is 37.6 Å². The zero-order valence-electron chi connectivity index (χ0n) is 16.2. The Bertz CT molecular complexity index is 1370. The van der Waals surface area contributed by atoms with Gasteiger partial charge in [-0.15, -0.1) is 11.3 Å². The number of hydrogen-bond donors (Lipinski definition) is 3. The van der Waals surface area contributed by atoms with Crippen LogP contribution in [0.3, 0.4) is 0 Å². The molecule has 0 saturated heterocycles. The van der Waals surface area contributed by atoms with Crippen LogP contribution >= 0.6 is 11.3 Å². The van der Waals surface area contributed by atoms with Crippen molar-refractivity contribution in [2.75, 3.05) is 5.73 Å². The van der Waals surface area contributed by atoms with E-state index < -0.39 is 17.4 Å². The number of pyridine rings is 1. The number of nitrogen functional groups attached to an aromatic ring is 1. The summed E-state index contributed by atoms with van der Waals surface area (Å²) in [5.74, 6) is -1.11. The van der Waals surface area contributed by atoms with Crippen LogP contribution < -0.4 is 22.1 Å². The van der Waals surface area contributed by atoms with Crippen molar-refractivity contribution in [3.8, 4) is 0 Å². The second kappa shape index (κ2) is 7.56. The van der Waals surface area contributed by atoms with Gasteiger partial charge < -0.3 is 5.73 Å². The lowest BCUT2D eigenvalue weighted by atomic mass is 10.1. The Kier molecular flexibility index (Phi) is 4.92. The van der Waals surface area contributed by atoms with Gasteiger partial charge in [0.15, 0.2) is 0 Å². The average Bonchev–Trinajstić information content (AvgIpc) is 3.05. The van der Waals surface area contributed by atoms with Crippen LogP contribution in [0.4, 0.5) is 5.69 Å². The maximum atomic E-state index is 12.6. The number of aromatic nitrogens is 3. The molecule has 0 aliphatic rings. The molecule has 0 spiro atoms. The summed E-state index contributed by atoms with van der Waals surface area (Å²) in [7, 11) is 0. The van der Waals surface area contributed by atoms with Crippen LogP contribution in [-0.4, -0.2) is 26.3 Å². The molecule has 4 N–H and O–H groups in total. The highest BCUT2D eigenvalue weighted by molar-refractivity contribution is 7.21. The predicted molar refractivity (Wildman–Crippen MR) is 115 cm³/mol. The van der Waals surface area contributed by atoms with Gasteiger partial charge in [0.2, 0.25) is 0 Å². The molecule has 4 rings (SSSR count). The zero-order chi connectivity index (χ0) is 21.4. The van der Waals surface area contributed by atoms with E-state index in [0.717, 1.165) is 34.2 Å². The van der Waals surface area contributed by atoms with Gasteiger partial charge >= 0.3 is 0 Å². The molecule has 0 aliphatic heterocycles. The van der Waals surface area contributed by atoms with Crippen LogP contribution in [0.15, 0.2) is 41.3 Å². The lowest BCUT2D eigenvalue weighted by molar-refractivity contribution is -0.122. The van der Waals surface area contributed by atoms with Crippen LogP contribution in [0.2, 0.25) is 0 Å². The van der Waals surface area contributed by atoms with E-state index in [1.807, 2.05) is 19.9 Å². The Hall–Kier alpha value is -3.79. The van der Waals surface area contributed by atoms with Crippen molar-refractivity contribution in [1.82, 2.24) is 25.4 Å². The number of amides is 2. The van der Waals surface area contributed by atoms with Gasteiger partial charge in [-0.2, -0.15) is 0 Å². The summed E-state index contributed by atoms with van der Waals surface area (Å²) in [6, 6.07) is 8.88. The highest BCUT2D eigenvalue weighted by Crippen LogP contribution is 2.34. The first kappa shape index (κ1) is 19.5. The molecule has 0 aliphatic carbocycles. The fraction of sp³-hybridized carbons (Fsp3) is 0.150. The van der Waals surface area contributed by atoms with E-state index in [4.69, 9.17) is 5.73 Å². The number of thiophene rings is 1. The third-order valence-corrected chi connectivity index (χ3v) is 5.70. The van der Waals surface area contributed by atoms with E-state index in [-0.39, 0.29) is 11.4 Å². The van der Waals surface area contributed by atoms with Gasteiger partial charge in [-0.1, -0.05) is 12.1 Å². The summed E-state index contributed by atoms with van der Waals surface area (Å²) in [6.45, 7) is 3.50. The second-order valence-electron chi connectivity index (χ2n) is 6.78. The van der Waals surface area contributed by atoms with Gasteiger partial charge in [0.1, 0.15) is 16.3 Å². The summed E-state index contributed by atoms with van der Waals surface area (Å²) < 4.78 is 1.29. The molecule has 2 amide bonds. The summed E-state index contributed by atoms with van der Waals surface area (Å²) in [6.07, 6.45) is 1.16. The molecule has 3 aromatic heterocycles. The van der Waals surface area contributed by atoms with E-state index in [9.17, 15) is 14.4 Å². The fourth-order valence-corrected chi connectivity index (χ4v) is 4.39. The molecule has 1 aromatic carbocycles. The molecule has 3 heterocycles. The molecular weight excluding hydrogens is 404 g/mol. The molecule has 0 saturated carbocycles. The minimum atomic E-state index is -0.563. The van der Waals surface area contributed by atoms with Crippen LogP contribution in [0.5, 0.6) is 0 Å². The van der Waals surface area contributed by atoms with Gasteiger partial charge in [-0.3, -0.25) is 29.8 Å². The minimum Gasteiger partial charge on any atom is -0.397 e. The Balaban J connectivity index is 1.51. The van der Waals surface area contributed by atoms with Gasteiger partial charge in [-0.25, -0.2) is 9.97 Å². The number of hydrazine groups is 1. The first-order valence-corrected chi connectivity index (χ1v) is 9.87. The first-order chi connectivity index (χ1) is 14.3. The Morgan fingerprint density at radius 2 is 1.97 bits per heavy atom. The van der Waals surface area contributed by atoms with E-state index in [1.165, 1.54) is 4.57 Å². The smallest absolute Gasteiger partial charge is 0.281 e. The molecule has 4 aromatic rings. The maximum absolute atomic E-state index is 12.6. The van der Waals surface area contributed by atoms with E-state index in [0.29, 0.717) is 21.6 Å². The van der Waals surface area contributed by atoms with Gasteiger partial charge in [0.05, 0.1) is 22.9 Å². The quantitative estimate of drug-likeness (QED) is 0.430. The van der Waals surface area contributed by atoms with Crippen molar-refractivity contribution in [2.45, 2.75) is 20.4 Å². The summed E-state index contributed by atoms with van der Waals surface area (Å²) in [4.78, 5) is 46.5. The van der Waals surface area contributed by atoms with Crippen molar-refractivity contribution >= 4 is 50.1 Å². The van der Waals surface area contributed by atoms with E-state index in [2.05, 4.69) is 20.8 Å². The van der Waals surface area contributed by atoms with Crippen LogP contribution in [-0.2, 0) is 11.3 Å². The molecule has 152 valence electrons. The van der Waals surface area contributed by atoms with E-state index >= 15 is 0 Å². The zero-order valence-corrected chi connectivity index (χ0v) is 17.0. The molecule has 0 atom stereocenters. The standard InChI is InChI=1S/C20H18N6O3S/c1-10-7-11(2)23-20-16(10)17(21)18(30-20)19(29)25-24-14(27)9-26-13-6-4-3-5-12(13)22-8-15(26)28/h3-8H,9,21H2,1-2H3,(H,24,27)(H,25,29). The number of carbonyl (C=O) groups is 2. The van der Waals surface area contributed by atoms with E-state index in [1.54, 1.807) is 24.3 Å². The Morgan fingerprint density at radius 1 is 1.20 bits per heavy atom. The number of rotatable bonds is 3. The number of fused-ring (bicyclic) bond motifs is 2. The number of benzene rings is 1. The topological polar surface area (TPSA) is 132 Å². The normalized spacial score (nSPS) is 11.0. The molecule has 0 unspecified atom stereocenters. The average molecular weight is 422 g/mol. The first-order valence-electron chi connectivity index (χ1n) is 9.05. The SMILES string of the molecule is Cc1cc(C)c2c(N)c(C(=O)NNC(=O)Cn3c(=O)cnc4ccccc43)sc2n1.